The second kappa shape index (κ2) is 6.43. The van der Waals surface area contributed by atoms with Crippen molar-refractivity contribution in [2.24, 2.45) is 0 Å². The summed E-state index contributed by atoms with van der Waals surface area (Å²) < 4.78 is 35.4. The lowest BCUT2D eigenvalue weighted by molar-refractivity contribution is 0.0969. The van der Waals surface area contributed by atoms with Gasteiger partial charge in [-0.25, -0.2) is 8.42 Å². The average molecular weight is 446 g/mol. The van der Waals surface area contributed by atoms with Gasteiger partial charge in [0.15, 0.2) is 5.78 Å². The molecule has 8 heteroatoms. The van der Waals surface area contributed by atoms with Crippen molar-refractivity contribution in [2.75, 3.05) is 10.0 Å². The molecule has 1 aliphatic heterocycles. The van der Waals surface area contributed by atoms with Crippen LogP contribution < -0.4 is 10.0 Å². The summed E-state index contributed by atoms with van der Waals surface area (Å²) in [6.07, 6.45) is 1.92. The van der Waals surface area contributed by atoms with Gasteiger partial charge in [-0.3, -0.25) is 14.3 Å². The molecule has 1 amide bonds. The van der Waals surface area contributed by atoms with E-state index in [2.05, 4.69) is 10.0 Å². The Bertz CT molecular complexity index is 1610. The van der Waals surface area contributed by atoms with E-state index in [9.17, 15) is 18.0 Å². The zero-order valence-corrected chi connectivity index (χ0v) is 17.9. The number of benzene rings is 3. The predicted octanol–water partition coefficient (Wildman–Crippen LogP) is 4.78. The molecule has 2 heterocycles. The van der Waals surface area contributed by atoms with Gasteiger partial charge in [-0.15, -0.1) is 0 Å². The van der Waals surface area contributed by atoms with Crippen LogP contribution in [0.4, 0.5) is 11.4 Å². The van der Waals surface area contributed by atoms with Crippen LogP contribution in [0.15, 0.2) is 51.8 Å². The summed E-state index contributed by atoms with van der Waals surface area (Å²) >= 11 is 0. The molecule has 7 nitrogen and oxygen atoms in total. The van der Waals surface area contributed by atoms with Gasteiger partial charge in [-0.2, -0.15) is 0 Å². The number of fused-ring (bicyclic) bond motifs is 3. The highest BCUT2D eigenvalue weighted by Gasteiger charge is 2.28. The first kappa shape index (κ1) is 19.1. The monoisotopic (exact) mass is 446 g/mol. The Morgan fingerprint density at radius 1 is 1.03 bits per heavy atom. The number of hydrogen-bond acceptors (Lipinski definition) is 5. The van der Waals surface area contributed by atoms with E-state index >= 15 is 0 Å². The Labute approximate surface area is 183 Å². The number of furan rings is 1. The molecule has 1 aliphatic carbocycles. The summed E-state index contributed by atoms with van der Waals surface area (Å²) in [5, 5.41) is 4.46. The van der Waals surface area contributed by atoms with Crippen molar-refractivity contribution < 1.29 is 22.4 Å². The zero-order chi connectivity index (χ0) is 22.2. The van der Waals surface area contributed by atoms with Crippen LogP contribution in [0.25, 0.3) is 21.7 Å². The van der Waals surface area contributed by atoms with Crippen molar-refractivity contribution in [1.82, 2.24) is 0 Å². The fourth-order valence-corrected chi connectivity index (χ4v) is 6.04. The van der Waals surface area contributed by atoms with E-state index < -0.39 is 10.0 Å². The maximum Gasteiger partial charge on any atom is 0.262 e. The second-order valence-corrected chi connectivity index (χ2v) is 9.89. The van der Waals surface area contributed by atoms with Gasteiger partial charge < -0.3 is 9.73 Å². The molecule has 0 saturated carbocycles. The number of carbonyl (C=O) groups excluding carboxylic acids is 2. The van der Waals surface area contributed by atoms with Crippen molar-refractivity contribution in [3.05, 3.63) is 64.9 Å². The Hall–Kier alpha value is -3.65. The summed E-state index contributed by atoms with van der Waals surface area (Å²) in [6.45, 7) is 1.79. The summed E-state index contributed by atoms with van der Waals surface area (Å²) in [5.74, 6) is 0.441. The molecule has 0 unspecified atom stereocenters. The van der Waals surface area contributed by atoms with Crippen LogP contribution in [0.1, 0.15) is 44.9 Å². The van der Waals surface area contributed by atoms with Gasteiger partial charge in [-0.05, 0) is 49.2 Å². The van der Waals surface area contributed by atoms with Crippen molar-refractivity contribution >= 4 is 54.8 Å². The summed E-state index contributed by atoms with van der Waals surface area (Å²) in [7, 11) is -3.98. The van der Waals surface area contributed by atoms with Crippen molar-refractivity contribution in [3.8, 4) is 0 Å². The Morgan fingerprint density at radius 2 is 1.88 bits per heavy atom. The van der Waals surface area contributed by atoms with E-state index in [1.807, 2.05) is 0 Å². The maximum absolute atomic E-state index is 13.4. The number of ketones is 1. The number of nitrogens with one attached hydrogen (secondary N) is 2. The SMILES string of the molecule is Cc1cc2oc3c(c2cc1NS(=O)(=O)c1ccc2c4c(cccc14)C(=O)N2)C(=O)CCC3. The maximum atomic E-state index is 13.4. The molecule has 32 heavy (non-hydrogen) atoms. The van der Waals surface area contributed by atoms with Crippen LogP contribution in [0.5, 0.6) is 0 Å². The standard InChI is InChI=1S/C24H18N2O5S/c1-12-10-20-15(23-18(27)6-3-7-19(23)31-20)11-17(12)26-32(29,30)21-9-8-16-22-13(21)4-2-5-14(22)24(28)25-16/h2,4-5,8-11,26H,3,6-7H2,1H3,(H,25,28). The summed E-state index contributed by atoms with van der Waals surface area (Å²) in [6, 6.07) is 11.6. The van der Waals surface area contributed by atoms with Gasteiger partial charge >= 0.3 is 0 Å². The number of aryl methyl sites for hydroxylation is 2. The third kappa shape index (κ3) is 2.62. The number of anilines is 2. The highest BCUT2D eigenvalue weighted by molar-refractivity contribution is 7.93. The molecular formula is C24H18N2O5S. The molecule has 6 rings (SSSR count). The minimum Gasteiger partial charge on any atom is -0.460 e. The van der Waals surface area contributed by atoms with Crippen LogP contribution in [0.2, 0.25) is 0 Å². The van der Waals surface area contributed by atoms with Gasteiger partial charge in [-0.1, -0.05) is 12.1 Å². The molecule has 0 spiro atoms. The van der Waals surface area contributed by atoms with E-state index in [0.717, 1.165) is 6.42 Å². The first-order chi connectivity index (χ1) is 15.3. The highest BCUT2D eigenvalue weighted by atomic mass is 32.2. The Morgan fingerprint density at radius 3 is 2.72 bits per heavy atom. The molecule has 160 valence electrons. The number of Topliss-reactive ketones (excluding diaryl/α,β-unsaturated/α-hetero) is 1. The van der Waals surface area contributed by atoms with Crippen LogP contribution >= 0.6 is 0 Å². The number of hydrogen-bond donors (Lipinski definition) is 2. The second-order valence-electron chi connectivity index (χ2n) is 8.24. The van der Waals surface area contributed by atoms with Gasteiger partial charge in [0.05, 0.1) is 16.1 Å². The fourth-order valence-electron chi connectivity index (χ4n) is 4.72. The van der Waals surface area contributed by atoms with Crippen molar-refractivity contribution in [2.45, 2.75) is 31.1 Å². The molecular weight excluding hydrogens is 428 g/mol. The zero-order valence-electron chi connectivity index (χ0n) is 17.1. The topological polar surface area (TPSA) is 105 Å². The molecule has 4 aromatic rings. The van der Waals surface area contributed by atoms with E-state index in [1.54, 1.807) is 43.3 Å². The highest BCUT2D eigenvalue weighted by Crippen LogP contribution is 2.38. The predicted molar refractivity (Wildman–Crippen MR) is 121 cm³/mol. The minimum absolute atomic E-state index is 0.0207. The molecule has 0 atom stereocenters. The van der Waals surface area contributed by atoms with Gasteiger partial charge in [0.2, 0.25) is 0 Å². The molecule has 0 fully saturated rings. The lowest BCUT2D eigenvalue weighted by Gasteiger charge is -2.13. The van der Waals surface area contributed by atoms with E-state index in [0.29, 0.717) is 68.4 Å². The van der Waals surface area contributed by atoms with Gasteiger partial charge in [0.1, 0.15) is 11.3 Å². The number of sulfonamides is 1. The number of rotatable bonds is 3. The lowest BCUT2D eigenvalue weighted by Crippen LogP contribution is -2.14. The van der Waals surface area contributed by atoms with Gasteiger partial charge in [0.25, 0.3) is 15.9 Å². The van der Waals surface area contributed by atoms with E-state index in [4.69, 9.17) is 4.42 Å². The van der Waals surface area contributed by atoms with Crippen LogP contribution in [0.3, 0.4) is 0 Å². The van der Waals surface area contributed by atoms with Gasteiger partial charge in [0, 0.05) is 40.3 Å². The first-order valence-corrected chi connectivity index (χ1v) is 11.8. The van der Waals surface area contributed by atoms with Crippen LogP contribution in [-0.2, 0) is 16.4 Å². The summed E-state index contributed by atoms with van der Waals surface area (Å²) in [5.41, 5.74) is 3.26. The molecule has 1 aromatic heterocycles. The Balaban J connectivity index is 1.49. The van der Waals surface area contributed by atoms with Crippen molar-refractivity contribution in [1.29, 1.82) is 0 Å². The summed E-state index contributed by atoms with van der Waals surface area (Å²) in [4.78, 5) is 24.7. The van der Waals surface area contributed by atoms with Crippen LogP contribution in [0, 0.1) is 6.92 Å². The lowest BCUT2D eigenvalue weighted by atomic mass is 9.94. The number of carbonyl (C=O) groups is 2. The van der Waals surface area contributed by atoms with E-state index in [-0.39, 0.29) is 16.6 Å². The van der Waals surface area contributed by atoms with Crippen LogP contribution in [-0.4, -0.2) is 20.1 Å². The minimum atomic E-state index is -3.98. The molecule has 0 bridgehead atoms. The molecule has 0 radical (unpaired) electrons. The Kier molecular flexibility index (Phi) is 3.83. The molecule has 0 saturated heterocycles. The quantitative estimate of drug-likeness (QED) is 0.471. The largest absolute Gasteiger partial charge is 0.460 e. The normalized spacial score (nSPS) is 15.3. The van der Waals surface area contributed by atoms with Crippen molar-refractivity contribution in [3.63, 3.8) is 0 Å². The number of amides is 1. The molecule has 2 aliphatic rings. The smallest absolute Gasteiger partial charge is 0.262 e. The molecule has 3 aromatic carbocycles. The average Bonchev–Trinajstić information content (AvgIpc) is 3.27. The van der Waals surface area contributed by atoms with E-state index in [1.165, 1.54) is 6.07 Å². The fraction of sp³-hybridized carbons (Fsp3) is 0.167. The first-order valence-electron chi connectivity index (χ1n) is 10.3. The third-order valence-electron chi connectivity index (χ3n) is 6.22. The third-order valence-corrected chi connectivity index (χ3v) is 7.65. The molecule has 2 N–H and O–H groups in total.